The zero-order valence-corrected chi connectivity index (χ0v) is 13.3. The Morgan fingerprint density at radius 2 is 2.15 bits per heavy atom. The Labute approximate surface area is 126 Å². The van der Waals surface area contributed by atoms with Gasteiger partial charge in [-0.25, -0.2) is 0 Å². The van der Waals surface area contributed by atoms with Crippen molar-refractivity contribution < 1.29 is 4.74 Å². The van der Waals surface area contributed by atoms with Crippen LogP contribution in [0.2, 0.25) is 5.02 Å². The number of nitrogens with zero attached hydrogens (tertiary/aromatic N) is 2. The summed E-state index contributed by atoms with van der Waals surface area (Å²) in [6.45, 7) is 8.01. The van der Waals surface area contributed by atoms with Crippen molar-refractivity contribution in [3.8, 4) is 0 Å². The van der Waals surface area contributed by atoms with Gasteiger partial charge in [0.25, 0.3) is 0 Å². The molecule has 1 unspecified atom stereocenters. The summed E-state index contributed by atoms with van der Waals surface area (Å²) in [5, 5.41) is 8.91. The van der Waals surface area contributed by atoms with E-state index in [2.05, 4.69) is 28.9 Å². The zero-order chi connectivity index (χ0) is 14.4. The lowest BCUT2D eigenvalue weighted by Crippen LogP contribution is -2.34. The molecule has 114 valence electrons. The molecular weight excluding hydrogens is 274 g/mol. The van der Waals surface area contributed by atoms with Gasteiger partial charge >= 0.3 is 0 Å². The maximum Gasteiger partial charge on any atom is 0.0834 e. The minimum absolute atomic E-state index is 0.292. The quantitative estimate of drug-likeness (QED) is 0.838. The summed E-state index contributed by atoms with van der Waals surface area (Å²) in [5.41, 5.74) is 1.16. The molecule has 0 spiro atoms. The lowest BCUT2D eigenvalue weighted by atomic mass is 9.89. The molecule has 0 saturated carbocycles. The molecule has 0 aliphatic carbocycles. The van der Waals surface area contributed by atoms with E-state index in [0.29, 0.717) is 12.0 Å². The highest BCUT2D eigenvalue weighted by atomic mass is 35.5. The van der Waals surface area contributed by atoms with Gasteiger partial charge in [-0.15, -0.1) is 0 Å². The second-order valence-corrected chi connectivity index (χ2v) is 5.89. The average molecular weight is 300 g/mol. The highest BCUT2D eigenvalue weighted by molar-refractivity contribution is 6.31. The smallest absolute Gasteiger partial charge is 0.0834 e. The third kappa shape index (κ3) is 3.74. The lowest BCUT2D eigenvalue weighted by molar-refractivity contribution is 0.0524. The first kappa shape index (κ1) is 15.8. The standard InChI is InChI=1S/C15H26ClN3O/c1-3-7-17-14(12-5-9-20-10-6-12)15-13(16)11-18-19(15)8-4-2/h11-12,14,17H,3-10H2,1-2H3. The van der Waals surface area contributed by atoms with E-state index in [1.807, 2.05) is 0 Å². The molecule has 1 aromatic rings. The van der Waals surface area contributed by atoms with Crippen LogP contribution in [0.5, 0.6) is 0 Å². The molecule has 0 aromatic carbocycles. The topological polar surface area (TPSA) is 39.1 Å². The molecule has 1 aliphatic rings. The monoisotopic (exact) mass is 299 g/mol. The molecule has 0 bridgehead atoms. The van der Waals surface area contributed by atoms with Gasteiger partial charge < -0.3 is 10.1 Å². The van der Waals surface area contributed by atoms with Crippen molar-refractivity contribution in [2.24, 2.45) is 5.92 Å². The maximum atomic E-state index is 6.42. The Balaban J connectivity index is 2.22. The fourth-order valence-corrected chi connectivity index (χ4v) is 3.17. The fraction of sp³-hybridized carbons (Fsp3) is 0.800. The van der Waals surface area contributed by atoms with E-state index in [4.69, 9.17) is 16.3 Å². The summed E-state index contributed by atoms with van der Waals surface area (Å²) in [6, 6.07) is 0.292. The normalized spacial score (nSPS) is 18.4. The van der Waals surface area contributed by atoms with Gasteiger partial charge in [-0.2, -0.15) is 5.10 Å². The van der Waals surface area contributed by atoms with E-state index in [9.17, 15) is 0 Å². The summed E-state index contributed by atoms with van der Waals surface area (Å²) in [4.78, 5) is 0. The molecule has 1 atom stereocenters. The first-order valence-electron chi connectivity index (χ1n) is 7.80. The molecular formula is C15H26ClN3O. The predicted octanol–water partition coefficient (Wildman–Crippen LogP) is 3.41. The summed E-state index contributed by atoms with van der Waals surface area (Å²) >= 11 is 6.42. The first-order chi connectivity index (χ1) is 9.77. The predicted molar refractivity (Wildman–Crippen MR) is 82.1 cm³/mol. The van der Waals surface area contributed by atoms with Crippen molar-refractivity contribution in [3.05, 3.63) is 16.9 Å². The van der Waals surface area contributed by atoms with E-state index in [1.165, 1.54) is 0 Å². The second kappa shape index (κ2) is 8.01. The van der Waals surface area contributed by atoms with Crippen LogP contribution in [0.15, 0.2) is 6.20 Å². The third-order valence-electron chi connectivity index (χ3n) is 3.91. The van der Waals surface area contributed by atoms with E-state index >= 15 is 0 Å². The SMILES string of the molecule is CCCNC(c1c(Cl)cnn1CCC)C1CCOCC1. The Kier molecular flexibility index (Phi) is 6.33. The summed E-state index contributed by atoms with van der Waals surface area (Å²) in [6.07, 6.45) is 6.16. The average Bonchev–Trinajstić information content (AvgIpc) is 2.83. The van der Waals surface area contributed by atoms with Gasteiger partial charge in [0.2, 0.25) is 0 Å². The largest absolute Gasteiger partial charge is 0.381 e. The van der Waals surface area contributed by atoms with Crippen molar-refractivity contribution in [2.45, 2.75) is 52.1 Å². The molecule has 1 fully saturated rings. The van der Waals surface area contributed by atoms with Gasteiger partial charge in [0.1, 0.15) is 0 Å². The highest BCUT2D eigenvalue weighted by Crippen LogP contribution is 2.34. The molecule has 4 nitrogen and oxygen atoms in total. The Hall–Kier alpha value is -0.580. The van der Waals surface area contributed by atoms with Crippen molar-refractivity contribution in [2.75, 3.05) is 19.8 Å². The fourth-order valence-electron chi connectivity index (χ4n) is 2.91. The third-order valence-corrected chi connectivity index (χ3v) is 4.21. The van der Waals surface area contributed by atoms with Crippen LogP contribution in [0.1, 0.15) is 51.3 Å². The van der Waals surface area contributed by atoms with Gasteiger partial charge in [-0.05, 0) is 38.1 Å². The van der Waals surface area contributed by atoms with Crippen LogP contribution in [0.3, 0.4) is 0 Å². The van der Waals surface area contributed by atoms with E-state index in [-0.39, 0.29) is 0 Å². The number of hydrogen-bond acceptors (Lipinski definition) is 3. The van der Waals surface area contributed by atoms with E-state index < -0.39 is 0 Å². The van der Waals surface area contributed by atoms with Crippen molar-refractivity contribution >= 4 is 11.6 Å². The molecule has 1 aliphatic heterocycles. The molecule has 5 heteroatoms. The van der Waals surface area contributed by atoms with Crippen molar-refractivity contribution in [1.82, 2.24) is 15.1 Å². The number of aromatic nitrogens is 2. The lowest BCUT2D eigenvalue weighted by Gasteiger charge is -2.31. The molecule has 1 aromatic heterocycles. The number of nitrogens with one attached hydrogen (secondary N) is 1. The zero-order valence-electron chi connectivity index (χ0n) is 12.6. The van der Waals surface area contributed by atoms with Gasteiger partial charge in [0.05, 0.1) is 23.0 Å². The number of aryl methyl sites for hydroxylation is 1. The summed E-state index contributed by atoms with van der Waals surface area (Å²) in [7, 11) is 0. The number of ether oxygens (including phenoxy) is 1. The van der Waals surface area contributed by atoms with E-state index in [0.717, 1.165) is 62.7 Å². The van der Waals surface area contributed by atoms with Gasteiger partial charge in [-0.1, -0.05) is 25.4 Å². The van der Waals surface area contributed by atoms with Crippen LogP contribution >= 0.6 is 11.6 Å². The number of hydrogen-bond donors (Lipinski definition) is 1. The van der Waals surface area contributed by atoms with Gasteiger partial charge in [0, 0.05) is 19.8 Å². The maximum absolute atomic E-state index is 6.42. The van der Waals surface area contributed by atoms with Crippen molar-refractivity contribution in [1.29, 1.82) is 0 Å². The number of rotatable bonds is 7. The molecule has 2 heterocycles. The molecule has 1 N–H and O–H groups in total. The molecule has 2 rings (SSSR count). The van der Waals surface area contributed by atoms with Crippen LogP contribution in [-0.4, -0.2) is 29.5 Å². The summed E-state index contributed by atoms with van der Waals surface area (Å²) < 4.78 is 7.57. The minimum atomic E-state index is 0.292. The minimum Gasteiger partial charge on any atom is -0.381 e. The first-order valence-corrected chi connectivity index (χ1v) is 8.18. The van der Waals surface area contributed by atoms with Crippen LogP contribution in [-0.2, 0) is 11.3 Å². The highest BCUT2D eigenvalue weighted by Gasteiger charge is 2.29. The van der Waals surface area contributed by atoms with Crippen molar-refractivity contribution in [3.63, 3.8) is 0 Å². The second-order valence-electron chi connectivity index (χ2n) is 5.48. The van der Waals surface area contributed by atoms with Crippen LogP contribution in [0, 0.1) is 5.92 Å². The number of halogens is 1. The Morgan fingerprint density at radius 3 is 2.80 bits per heavy atom. The Morgan fingerprint density at radius 1 is 1.40 bits per heavy atom. The van der Waals surface area contributed by atoms with Gasteiger partial charge in [0.15, 0.2) is 0 Å². The van der Waals surface area contributed by atoms with Crippen LogP contribution in [0.4, 0.5) is 0 Å². The van der Waals surface area contributed by atoms with Crippen LogP contribution in [0.25, 0.3) is 0 Å². The van der Waals surface area contributed by atoms with E-state index in [1.54, 1.807) is 6.20 Å². The molecule has 1 saturated heterocycles. The van der Waals surface area contributed by atoms with Crippen LogP contribution < -0.4 is 5.32 Å². The molecule has 20 heavy (non-hydrogen) atoms. The molecule has 0 amide bonds. The van der Waals surface area contributed by atoms with Gasteiger partial charge in [-0.3, -0.25) is 4.68 Å². The molecule has 0 radical (unpaired) electrons. The Bertz CT molecular complexity index is 402. The summed E-state index contributed by atoms with van der Waals surface area (Å²) in [5.74, 6) is 0.583.